The van der Waals surface area contributed by atoms with E-state index in [0.29, 0.717) is 18.9 Å². The minimum Gasteiger partial charge on any atom is -0.465 e. The second-order valence-corrected chi connectivity index (χ2v) is 5.36. The lowest BCUT2D eigenvalue weighted by atomic mass is 9.82. The lowest BCUT2D eigenvalue weighted by Crippen LogP contribution is -2.32. The van der Waals surface area contributed by atoms with Crippen LogP contribution in [0.5, 0.6) is 0 Å². The highest BCUT2D eigenvalue weighted by Crippen LogP contribution is 2.33. The molecule has 1 aliphatic carbocycles. The molecule has 0 aromatic carbocycles. The van der Waals surface area contributed by atoms with E-state index in [4.69, 9.17) is 4.74 Å². The molecule has 0 aromatic rings. The average molecular weight is 254 g/mol. The molecule has 0 radical (unpaired) electrons. The van der Waals surface area contributed by atoms with E-state index in [1.807, 2.05) is 0 Å². The van der Waals surface area contributed by atoms with E-state index in [0.717, 1.165) is 32.1 Å². The Kier molecular flexibility index (Phi) is 6.37. The molecule has 1 rings (SSSR count). The number of ether oxygens (including phenoxy) is 1. The van der Waals surface area contributed by atoms with E-state index in [1.54, 1.807) is 6.92 Å². The Morgan fingerprint density at radius 2 is 2.06 bits per heavy atom. The highest BCUT2D eigenvalue weighted by Gasteiger charge is 2.37. The van der Waals surface area contributed by atoms with Crippen LogP contribution in [-0.4, -0.2) is 18.4 Å². The molecule has 3 nitrogen and oxygen atoms in total. The van der Waals surface area contributed by atoms with Crippen LogP contribution < -0.4 is 0 Å². The van der Waals surface area contributed by atoms with Gasteiger partial charge in [0, 0.05) is 5.92 Å². The summed E-state index contributed by atoms with van der Waals surface area (Å²) >= 11 is 0. The van der Waals surface area contributed by atoms with E-state index in [2.05, 4.69) is 13.8 Å². The lowest BCUT2D eigenvalue weighted by molar-refractivity contribution is -0.152. The molecule has 3 heteroatoms. The summed E-state index contributed by atoms with van der Waals surface area (Å²) in [6, 6.07) is 0. The lowest BCUT2D eigenvalue weighted by Gasteiger charge is -2.22. The molecule has 0 saturated heterocycles. The topological polar surface area (TPSA) is 43.4 Å². The molecule has 3 unspecified atom stereocenters. The van der Waals surface area contributed by atoms with Crippen molar-refractivity contribution in [3.63, 3.8) is 0 Å². The molecule has 1 saturated carbocycles. The quantitative estimate of drug-likeness (QED) is 0.429. The summed E-state index contributed by atoms with van der Waals surface area (Å²) in [6.45, 7) is 6.43. The Morgan fingerprint density at radius 1 is 1.33 bits per heavy atom. The third kappa shape index (κ3) is 3.82. The van der Waals surface area contributed by atoms with E-state index in [9.17, 15) is 9.59 Å². The van der Waals surface area contributed by atoms with Gasteiger partial charge in [-0.2, -0.15) is 0 Å². The molecule has 0 bridgehead atoms. The zero-order chi connectivity index (χ0) is 13.5. The highest BCUT2D eigenvalue weighted by atomic mass is 16.5. The fourth-order valence-electron chi connectivity index (χ4n) is 2.85. The van der Waals surface area contributed by atoms with Crippen molar-refractivity contribution in [2.24, 2.45) is 17.8 Å². The van der Waals surface area contributed by atoms with Crippen LogP contribution in [0.4, 0.5) is 0 Å². The van der Waals surface area contributed by atoms with Gasteiger partial charge in [0.05, 0.1) is 6.61 Å². The predicted molar refractivity (Wildman–Crippen MR) is 71.2 cm³/mol. The minimum atomic E-state index is -0.503. The fourth-order valence-corrected chi connectivity index (χ4v) is 2.85. The largest absolute Gasteiger partial charge is 0.465 e. The maximum Gasteiger partial charge on any atom is 0.316 e. The molecule has 1 aliphatic rings. The number of unbranched alkanes of at least 4 members (excludes halogenated alkanes) is 1. The van der Waals surface area contributed by atoms with E-state index in [1.165, 1.54) is 0 Å². The zero-order valence-corrected chi connectivity index (χ0v) is 11.9. The number of ketones is 1. The Hall–Kier alpha value is -0.860. The van der Waals surface area contributed by atoms with Crippen LogP contribution in [0.25, 0.3) is 0 Å². The molecule has 3 atom stereocenters. The molecule has 104 valence electrons. The summed E-state index contributed by atoms with van der Waals surface area (Å²) in [6.07, 6.45) is 5.77. The Balaban J connectivity index is 2.75. The maximum absolute atomic E-state index is 12.5. The predicted octanol–water partition coefficient (Wildman–Crippen LogP) is 3.36. The van der Waals surface area contributed by atoms with Gasteiger partial charge < -0.3 is 4.74 Å². The zero-order valence-electron chi connectivity index (χ0n) is 11.9. The molecule has 0 N–H and O–H groups in total. The first-order valence-electron chi connectivity index (χ1n) is 7.32. The van der Waals surface area contributed by atoms with Gasteiger partial charge in [0.25, 0.3) is 0 Å². The van der Waals surface area contributed by atoms with Crippen molar-refractivity contribution >= 4 is 11.8 Å². The van der Waals surface area contributed by atoms with Gasteiger partial charge in [0.2, 0.25) is 0 Å². The van der Waals surface area contributed by atoms with Crippen molar-refractivity contribution in [2.45, 2.75) is 59.3 Å². The second-order valence-electron chi connectivity index (χ2n) is 5.36. The number of Topliss-reactive ketones (excluding diaryl/α,β-unsaturated/α-hetero) is 1. The van der Waals surface area contributed by atoms with Crippen LogP contribution in [0.3, 0.4) is 0 Å². The van der Waals surface area contributed by atoms with Crippen molar-refractivity contribution < 1.29 is 14.3 Å². The van der Waals surface area contributed by atoms with Gasteiger partial charge in [-0.3, -0.25) is 9.59 Å². The van der Waals surface area contributed by atoms with Gasteiger partial charge in [-0.05, 0) is 32.1 Å². The molecule has 0 amide bonds. The standard InChI is InChI=1S/C15H26O3/c1-4-6-9-12-11(3)8-7-10-13(14(12)16)15(17)18-5-2/h11-13H,4-10H2,1-3H3. The van der Waals surface area contributed by atoms with Gasteiger partial charge in [-0.1, -0.05) is 33.1 Å². The summed E-state index contributed by atoms with van der Waals surface area (Å²) in [5.41, 5.74) is 0. The van der Waals surface area contributed by atoms with E-state index < -0.39 is 5.92 Å². The van der Waals surface area contributed by atoms with Crippen LogP contribution in [0.15, 0.2) is 0 Å². The normalized spacial score (nSPS) is 28.8. The molecule has 1 fully saturated rings. The van der Waals surface area contributed by atoms with Crippen LogP contribution in [0.2, 0.25) is 0 Å². The van der Waals surface area contributed by atoms with Crippen LogP contribution in [0.1, 0.15) is 59.3 Å². The number of carbonyl (C=O) groups excluding carboxylic acids is 2. The first-order chi connectivity index (χ1) is 8.61. The monoisotopic (exact) mass is 254 g/mol. The summed E-state index contributed by atoms with van der Waals surface area (Å²) in [5.74, 6) is -0.216. The summed E-state index contributed by atoms with van der Waals surface area (Å²) < 4.78 is 5.04. The summed E-state index contributed by atoms with van der Waals surface area (Å²) in [4.78, 5) is 24.3. The third-order valence-electron chi connectivity index (χ3n) is 3.99. The van der Waals surface area contributed by atoms with Gasteiger partial charge >= 0.3 is 5.97 Å². The number of hydrogen-bond acceptors (Lipinski definition) is 3. The van der Waals surface area contributed by atoms with Crippen LogP contribution in [-0.2, 0) is 14.3 Å². The minimum absolute atomic E-state index is 0.0573. The summed E-state index contributed by atoms with van der Waals surface area (Å²) in [5, 5.41) is 0. The number of carbonyl (C=O) groups is 2. The SMILES string of the molecule is CCCCC1C(=O)C(C(=O)OCC)CCCC1C. The van der Waals surface area contributed by atoms with Crippen molar-refractivity contribution in [1.29, 1.82) is 0 Å². The number of rotatable bonds is 5. The molecule has 0 aromatic heterocycles. The van der Waals surface area contributed by atoms with Crippen molar-refractivity contribution in [3.05, 3.63) is 0 Å². The Labute approximate surface area is 110 Å². The van der Waals surface area contributed by atoms with Crippen LogP contribution in [0, 0.1) is 17.8 Å². The van der Waals surface area contributed by atoms with Gasteiger partial charge in [0.1, 0.15) is 11.7 Å². The molecule has 0 heterocycles. The number of esters is 1. The first kappa shape index (κ1) is 15.2. The number of hydrogen-bond donors (Lipinski definition) is 0. The third-order valence-corrected chi connectivity index (χ3v) is 3.99. The first-order valence-corrected chi connectivity index (χ1v) is 7.32. The van der Waals surface area contributed by atoms with Crippen molar-refractivity contribution in [2.75, 3.05) is 6.61 Å². The molecule has 18 heavy (non-hydrogen) atoms. The Morgan fingerprint density at radius 3 is 2.67 bits per heavy atom. The smallest absolute Gasteiger partial charge is 0.316 e. The molecule has 0 aliphatic heterocycles. The fraction of sp³-hybridized carbons (Fsp3) is 0.867. The van der Waals surface area contributed by atoms with Crippen molar-refractivity contribution in [3.8, 4) is 0 Å². The van der Waals surface area contributed by atoms with E-state index >= 15 is 0 Å². The van der Waals surface area contributed by atoms with Gasteiger partial charge in [-0.25, -0.2) is 0 Å². The van der Waals surface area contributed by atoms with Crippen molar-refractivity contribution in [1.82, 2.24) is 0 Å². The molecular weight excluding hydrogens is 228 g/mol. The second kappa shape index (κ2) is 7.55. The average Bonchev–Trinajstić information content (AvgIpc) is 2.47. The highest BCUT2D eigenvalue weighted by molar-refractivity contribution is 6.00. The molecule has 0 spiro atoms. The molecular formula is C15H26O3. The van der Waals surface area contributed by atoms with E-state index in [-0.39, 0.29) is 17.7 Å². The van der Waals surface area contributed by atoms with Gasteiger partial charge in [-0.15, -0.1) is 0 Å². The van der Waals surface area contributed by atoms with Gasteiger partial charge in [0.15, 0.2) is 0 Å². The van der Waals surface area contributed by atoms with Crippen LogP contribution >= 0.6 is 0 Å². The maximum atomic E-state index is 12.5. The Bertz CT molecular complexity index is 285. The summed E-state index contributed by atoms with van der Waals surface area (Å²) in [7, 11) is 0.